The van der Waals surface area contributed by atoms with Crippen molar-refractivity contribution in [1.29, 1.82) is 0 Å². The van der Waals surface area contributed by atoms with Gasteiger partial charge in [-0.15, -0.1) is 0 Å². The molecule has 0 aromatic heterocycles. The zero-order chi connectivity index (χ0) is 13.0. The van der Waals surface area contributed by atoms with E-state index in [-0.39, 0.29) is 12.0 Å². The summed E-state index contributed by atoms with van der Waals surface area (Å²) in [6.07, 6.45) is 0.386. The van der Waals surface area contributed by atoms with Crippen LogP contribution in [-0.2, 0) is 9.53 Å². The Morgan fingerprint density at radius 1 is 1.56 bits per heavy atom. The minimum atomic E-state index is -0.187. The molecular formula is C13H17ClN2O2. The number of hydrogen-bond acceptors (Lipinski definition) is 4. The van der Waals surface area contributed by atoms with Crippen LogP contribution in [0, 0.1) is 0 Å². The smallest absolute Gasteiger partial charge is 0.307 e. The summed E-state index contributed by atoms with van der Waals surface area (Å²) in [4.78, 5) is 13.5. The summed E-state index contributed by atoms with van der Waals surface area (Å²) in [5.41, 5.74) is 1.02. The van der Waals surface area contributed by atoms with Crippen molar-refractivity contribution >= 4 is 23.3 Å². The molecule has 98 valence electrons. The van der Waals surface area contributed by atoms with Crippen molar-refractivity contribution in [3.8, 4) is 0 Å². The molecule has 1 aromatic carbocycles. The third kappa shape index (κ3) is 3.15. The fourth-order valence-corrected chi connectivity index (χ4v) is 2.43. The Bertz CT molecular complexity index is 425. The van der Waals surface area contributed by atoms with Gasteiger partial charge < -0.3 is 15.0 Å². The van der Waals surface area contributed by atoms with Gasteiger partial charge in [0.05, 0.1) is 24.2 Å². The van der Waals surface area contributed by atoms with Gasteiger partial charge in [-0.05, 0) is 12.1 Å². The number of halogens is 1. The Morgan fingerprint density at radius 2 is 2.33 bits per heavy atom. The molecule has 5 heteroatoms. The van der Waals surface area contributed by atoms with Crippen LogP contribution < -0.4 is 10.2 Å². The van der Waals surface area contributed by atoms with Gasteiger partial charge in [0.15, 0.2) is 0 Å². The van der Waals surface area contributed by atoms with Crippen LogP contribution in [0.25, 0.3) is 0 Å². The van der Waals surface area contributed by atoms with Gasteiger partial charge in [-0.25, -0.2) is 0 Å². The molecule has 1 heterocycles. The van der Waals surface area contributed by atoms with E-state index < -0.39 is 0 Å². The number of nitrogens with one attached hydrogen (secondary N) is 1. The molecule has 18 heavy (non-hydrogen) atoms. The average molecular weight is 269 g/mol. The van der Waals surface area contributed by atoms with E-state index in [2.05, 4.69) is 10.2 Å². The quantitative estimate of drug-likeness (QED) is 0.847. The number of carbonyl (C=O) groups excluding carboxylic acids is 1. The van der Waals surface area contributed by atoms with Crippen LogP contribution in [0.3, 0.4) is 0 Å². The van der Waals surface area contributed by atoms with Crippen molar-refractivity contribution in [2.45, 2.75) is 12.5 Å². The summed E-state index contributed by atoms with van der Waals surface area (Å²) in [5, 5.41) is 4.06. The van der Waals surface area contributed by atoms with Crippen molar-refractivity contribution < 1.29 is 9.53 Å². The number of anilines is 1. The molecule has 0 saturated carbocycles. The van der Waals surface area contributed by atoms with Gasteiger partial charge in [0.1, 0.15) is 0 Å². The number of para-hydroxylation sites is 1. The van der Waals surface area contributed by atoms with Gasteiger partial charge in [-0.2, -0.15) is 0 Å². The molecule has 0 aliphatic carbocycles. The van der Waals surface area contributed by atoms with Gasteiger partial charge in [-0.3, -0.25) is 4.79 Å². The van der Waals surface area contributed by atoms with Crippen LogP contribution in [0.5, 0.6) is 0 Å². The lowest BCUT2D eigenvalue weighted by Gasteiger charge is -2.35. The minimum Gasteiger partial charge on any atom is -0.469 e. The summed E-state index contributed by atoms with van der Waals surface area (Å²) in [7, 11) is 1.41. The largest absolute Gasteiger partial charge is 0.469 e. The lowest BCUT2D eigenvalue weighted by atomic mass is 10.1. The number of benzene rings is 1. The second kappa shape index (κ2) is 6.07. The molecule has 1 N–H and O–H groups in total. The summed E-state index contributed by atoms with van der Waals surface area (Å²) in [5.74, 6) is -0.187. The third-order valence-corrected chi connectivity index (χ3v) is 3.41. The SMILES string of the molecule is COC(=O)CC1CN(c2ccccc2Cl)CCN1. The lowest BCUT2D eigenvalue weighted by molar-refractivity contribution is -0.141. The average Bonchev–Trinajstić information content (AvgIpc) is 2.39. The Morgan fingerprint density at radius 3 is 3.06 bits per heavy atom. The summed E-state index contributed by atoms with van der Waals surface area (Å²) in [6.45, 7) is 2.49. The molecule has 1 atom stereocenters. The first-order valence-electron chi connectivity index (χ1n) is 6.00. The second-order valence-corrected chi connectivity index (χ2v) is 4.74. The van der Waals surface area contributed by atoms with Crippen molar-refractivity contribution in [3.63, 3.8) is 0 Å². The monoisotopic (exact) mass is 268 g/mol. The number of esters is 1. The van der Waals surface area contributed by atoms with Gasteiger partial charge in [0.2, 0.25) is 0 Å². The predicted molar refractivity (Wildman–Crippen MR) is 72.1 cm³/mol. The predicted octanol–water partition coefficient (Wildman–Crippen LogP) is 1.68. The highest BCUT2D eigenvalue weighted by atomic mass is 35.5. The lowest BCUT2D eigenvalue weighted by Crippen LogP contribution is -2.51. The maximum atomic E-state index is 11.3. The number of piperazine rings is 1. The van der Waals surface area contributed by atoms with Crippen LogP contribution in [0.1, 0.15) is 6.42 Å². The molecule has 0 amide bonds. The van der Waals surface area contributed by atoms with Gasteiger partial charge in [0.25, 0.3) is 0 Å². The molecule has 0 spiro atoms. The number of hydrogen-bond donors (Lipinski definition) is 1. The Labute approximate surface area is 112 Å². The Kier molecular flexibility index (Phi) is 4.44. The van der Waals surface area contributed by atoms with Crippen LogP contribution >= 0.6 is 11.6 Å². The highest BCUT2D eigenvalue weighted by molar-refractivity contribution is 6.33. The van der Waals surface area contributed by atoms with E-state index in [1.165, 1.54) is 7.11 Å². The maximum Gasteiger partial charge on any atom is 0.307 e. The summed E-state index contributed by atoms with van der Waals surface area (Å²) >= 11 is 6.18. The highest BCUT2D eigenvalue weighted by Gasteiger charge is 2.23. The number of nitrogens with zero attached hydrogens (tertiary/aromatic N) is 1. The number of rotatable bonds is 3. The fourth-order valence-electron chi connectivity index (χ4n) is 2.17. The first-order chi connectivity index (χ1) is 8.70. The second-order valence-electron chi connectivity index (χ2n) is 4.33. The van der Waals surface area contributed by atoms with Gasteiger partial charge >= 0.3 is 5.97 Å². The van der Waals surface area contributed by atoms with Crippen LogP contribution in [-0.4, -0.2) is 38.8 Å². The standard InChI is InChI=1S/C13H17ClN2O2/c1-18-13(17)8-10-9-16(7-6-15-10)12-5-3-2-4-11(12)14/h2-5,10,15H,6-9H2,1H3. The van der Waals surface area contributed by atoms with Crippen molar-refractivity contribution in [2.75, 3.05) is 31.6 Å². The molecule has 0 radical (unpaired) electrons. The molecular weight excluding hydrogens is 252 g/mol. The maximum absolute atomic E-state index is 11.3. The molecule has 2 rings (SSSR count). The zero-order valence-electron chi connectivity index (χ0n) is 10.4. The van der Waals surface area contributed by atoms with Crippen molar-refractivity contribution in [3.05, 3.63) is 29.3 Å². The van der Waals surface area contributed by atoms with E-state index in [0.717, 1.165) is 30.3 Å². The number of carbonyl (C=O) groups is 1. The number of ether oxygens (including phenoxy) is 1. The molecule has 4 nitrogen and oxygen atoms in total. The molecule has 1 saturated heterocycles. The zero-order valence-corrected chi connectivity index (χ0v) is 11.1. The van der Waals surface area contributed by atoms with Gasteiger partial charge in [0, 0.05) is 25.7 Å². The Hall–Kier alpha value is -1.26. The Balaban J connectivity index is 2.03. The van der Waals surface area contributed by atoms with Crippen molar-refractivity contribution in [2.24, 2.45) is 0 Å². The van der Waals surface area contributed by atoms with E-state index in [4.69, 9.17) is 16.3 Å². The topological polar surface area (TPSA) is 41.6 Å². The number of methoxy groups -OCH3 is 1. The van der Waals surface area contributed by atoms with E-state index in [1.807, 2.05) is 24.3 Å². The first-order valence-corrected chi connectivity index (χ1v) is 6.38. The van der Waals surface area contributed by atoms with E-state index in [1.54, 1.807) is 0 Å². The molecule has 1 unspecified atom stereocenters. The molecule has 1 fully saturated rings. The minimum absolute atomic E-state index is 0.113. The highest BCUT2D eigenvalue weighted by Crippen LogP contribution is 2.26. The van der Waals surface area contributed by atoms with Crippen LogP contribution in [0.15, 0.2) is 24.3 Å². The molecule has 0 bridgehead atoms. The van der Waals surface area contributed by atoms with Crippen LogP contribution in [0.2, 0.25) is 5.02 Å². The van der Waals surface area contributed by atoms with E-state index >= 15 is 0 Å². The molecule has 1 aliphatic heterocycles. The summed E-state index contributed by atoms with van der Waals surface area (Å²) in [6, 6.07) is 7.89. The third-order valence-electron chi connectivity index (χ3n) is 3.09. The normalized spacial score (nSPS) is 19.7. The molecule has 1 aliphatic rings. The van der Waals surface area contributed by atoms with E-state index in [9.17, 15) is 4.79 Å². The summed E-state index contributed by atoms with van der Waals surface area (Å²) < 4.78 is 4.69. The first kappa shape index (κ1) is 13.2. The van der Waals surface area contributed by atoms with E-state index in [0.29, 0.717) is 6.42 Å². The molecule has 1 aromatic rings. The van der Waals surface area contributed by atoms with Crippen molar-refractivity contribution in [1.82, 2.24) is 5.32 Å². The fraction of sp³-hybridized carbons (Fsp3) is 0.462. The van der Waals surface area contributed by atoms with Crippen LogP contribution in [0.4, 0.5) is 5.69 Å². The van der Waals surface area contributed by atoms with Gasteiger partial charge in [-0.1, -0.05) is 23.7 Å².